The minimum absolute atomic E-state index is 0.176. The summed E-state index contributed by atoms with van der Waals surface area (Å²) < 4.78 is 6.58. The number of aromatic hydroxyl groups is 1. The second kappa shape index (κ2) is 4.59. The zero-order chi connectivity index (χ0) is 15.1. The smallest absolute Gasteiger partial charge is 0.199 e. The van der Waals surface area contributed by atoms with Gasteiger partial charge in [0.05, 0.1) is 11.0 Å². The van der Waals surface area contributed by atoms with Gasteiger partial charge in [0.1, 0.15) is 5.75 Å². The summed E-state index contributed by atoms with van der Waals surface area (Å²) in [5.74, 6) is 0.901. The lowest BCUT2D eigenvalue weighted by Crippen LogP contribution is -1.99. The Hall–Kier alpha value is -3.35. The van der Waals surface area contributed by atoms with Crippen molar-refractivity contribution in [1.82, 2.24) is 19.9 Å². The Kier molecular flexibility index (Phi) is 2.59. The molecule has 0 unspecified atom stereocenters. The maximum Gasteiger partial charge on any atom is 0.199 e. The van der Waals surface area contributed by atoms with Gasteiger partial charge in [0.2, 0.25) is 0 Å². The van der Waals surface area contributed by atoms with E-state index in [1.165, 1.54) is 0 Å². The molecule has 3 N–H and O–H groups in total. The molecule has 0 spiro atoms. The molecule has 0 aliphatic carbocycles. The Balaban J connectivity index is 2.06. The van der Waals surface area contributed by atoms with Gasteiger partial charge in [-0.25, -0.2) is 9.61 Å². The summed E-state index contributed by atoms with van der Waals surface area (Å²) in [4.78, 5) is 4.57. The van der Waals surface area contributed by atoms with E-state index in [9.17, 15) is 5.11 Å². The van der Waals surface area contributed by atoms with Crippen molar-refractivity contribution >= 4 is 16.9 Å². The number of aromatic nitrogens is 4. The van der Waals surface area contributed by atoms with Crippen LogP contribution in [0.25, 0.3) is 28.2 Å². The highest BCUT2D eigenvalue weighted by Gasteiger charge is 2.19. The second-order valence-electron chi connectivity index (χ2n) is 4.77. The van der Waals surface area contributed by atoms with Crippen molar-refractivity contribution < 1.29 is 9.74 Å². The van der Waals surface area contributed by atoms with Crippen LogP contribution in [-0.4, -0.2) is 25.0 Å². The number of phenolic OH excluding ortho intramolecular Hbond substituents is 1. The third-order valence-electron chi connectivity index (χ3n) is 3.39. The predicted octanol–water partition coefficient (Wildman–Crippen LogP) is 2.36. The van der Waals surface area contributed by atoms with Crippen LogP contribution >= 0.6 is 0 Å². The van der Waals surface area contributed by atoms with Crippen molar-refractivity contribution in [2.45, 2.75) is 0 Å². The lowest BCUT2D eigenvalue weighted by molar-refractivity contribution is 0.310. The number of hydrogen-bond donors (Lipinski definition) is 2. The molecule has 0 bridgehead atoms. The lowest BCUT2D eigenvalue weighted by atomic mass is 10.2. The van der Waals surface area contributed by atoms with Crippen LogP contribution in [0, 0.1) is 0 Å². The highest BCUT2D eigenvalue weighted by atomic mass is 16.6. The molecule has 2 aromatic carbocycles. The maximum atomic E-state index is 9.48. The SMILES string of the molecule is Nc1nonc1-c1nc2ccccc2n1-c1ccc(O)cc1. The van der Waals surface area contributed by atoms with E-state index in [4.69, 9.17) is 5.73 Å². The Morgan fingerprint density at radius 1 is 1.00 bits per heavy atom. The molecule has 0 radical (unpaired) electrons. The van der Waals surface area contributed by atoms with Gasteiger partial charge in [0, 0.05) is 5.69 Å². The number of para-hydroxylation sites is 2. The van der Waals surface area contributed by atoms with Crippen molar-refractivity contribution in [2.24, 2.45) is 0 Å². The van der Waals surface area contributed by atoms with Gasteiger partial charge in [0.25, 0.3) is 0 Å². The first kappa shape index (κ1) is 12.4. The largest absolute Gasteiger partial charge is 0.508 e. The standard InChI is InChI=1S/C15H11N5O2/c16-14-13(18-22-19-14)15-17-11-3-1-2-4-12(11)20(15)9-5-7-10(21)8-6-9/h1-8,21H,(H2,16,19). The molecular formula is C15H11N5O2. The molecule has 7 heteroatoms. The number of benzene rings is 2. The number of phenols is 1. The van der Waals surface area contributed by atoms with Gasteiger partial charge in [-0.05, 0) is 46.7 Å². The van der Waals surface area contributed by atoms with Crippen LogP contribution in [0.15, 0.2) is 53.2 Å². The van der Waals surface area contributed by atoms with E-state index >= 15 is 0 Å². The average molecular weight is 293 g/mol. The topological polar surface area (TPSA) is 103 Å². The van der Waals surface area contributed by atoms with Crippen molar-refractivity contribution in [3.63, 3.8) is 0 Å². The summed E-state index contributed by atoms with van der Waals surface area (Å²) in [7, 11) is 0. The van der Waals surface area contributed by atoms with Crippen LogP contribution in [0.3, 0.4) is 0 Å². The number of rotatable bonds is 2. The van der Waals surface area contributed by atoms with E-state index in [-0.39, 0.29) is 11.6 Å². The number of nitrogens with two attached hydrogens (primary N) is 1. The van der Waals surface area contributed by atoms with Crippen molar-refractivity contribution in [2.75, 3.05) is 5.73 Å². The van der Waals surface area contributed by atoms with Crippen molar-refractivity contribution in [3.05, 3.63) is 48.5 Å². The van der Waals surface area contributed by atoms with Crippen molar-refractivity contribution in [3.8, 4) is 23.0 Å². The van der Waals surface area contributed by atoms with Gasteiger partial charge in [-0.2, -0.15) is 0 Å². The van der Waals surface area contributed by atoms with Gasteiger partial charge in [-0.15, -0.1) is 0 Å². The molecule has 0 saturated heterocycles. The maximum absolute atomic E-state index is 9.48. The fraction of sp³-hybridized carbons (Fsp3) is 0. The van der Waals surface area contributed by atoms with E-state index in [1.54, 1.807) is 24.3 Å². The molecule has 0 saturated carbocycles. The summed E-state index contributed by atoms with van der Waals surface area (Å²) in [5.41, 5.74) is 8.70. The quantitative estimate of drug-likeness (QED) is 0.588. The van der Waals surface area contributed by atoms with Gasteiger partial charge >= 0.3 is 0 Å². The van der Waals surface area contributed by atoms with E-state index in [0.717, 1.165) is 16.7 Å². The number of nitrogens with zero attached hydrogens (tertiary/aromatic N) is 4. The Labute approximate surface area is 124 Å². The van der Waals surface area contributed by atoms with Crippen LogP contribution in [-0.2, 0) is 0 Å². The molecule has 7 nitrogen and oxygen atoms in total. The zero-order valence-corrected chi connectivity index (χ0v) is 11.3. The monoisotopic (exact) mass is 293 g/mol. The average Bonchev–Trinajstić information content (AvgIpc) is 3.11. The minimum Gasteiger partial charge on any atom is -0.508 e. The number of hydrogen-bond acceptors (Lipinski definition) is 6. The Morgan fingerprint density at radius 2 is 1.77 bits per heavy atom. The molecule has 4 rings (SSSR count). The summed E-state index contributed by atoms with van der Waals surface area (Å²) >= 11 is 0. The predicted molar refractivity (Wildman–Crippen MR) is 80.4 cm³/mol. The zero-order valence-electron chi connectivity index (χ0n) is 11.3. The van der Waals surface area contributed by atoms with Crippen LogP contribution in [0.1, 0.15) is 0 Å². The fourth-order valence-electron chi connectivity index (χ4n) is 2.40. The van der Waals surface area contributed by atoms with Crippen LogP contribution in [0.2, 0.25) is 0 Å². The summed E-state index contributed by atoms with van der Waals surface area (Å²) in [6.07, 6.45) is 0. The highest BCUT2D eigenvalue weighted by Crippen LogP contribution is 2.30. The van der Waals surface area contributed by atoms with Gasteiger partial charge < -0.3 is 10.8 Å². The summed E-state index contributed by atoms with van der Waals surface area (Å²) in [6, 6.07) is 14.5. The normalized spacial score (nSPS) is 11.1. The van der Waals surface area contributed by atoms with Crippen LogP contribution in [0.4, 0.5) is 5.82 Å². The molecule has 0 fully saturated rings. The summed E-state index contributed by atoms with van der Waals surface area (Å²) in [6.45, 7) is 0. The number of imidazole rings is 1. The van der Waals surface area contributed by atoms with Crippen LogP contribution < -0.4 is 5.73 Å². The first-order chi connectivity index (χ1) is 10.7. The Bertz CT molecular complexity index is 956. The molecule has 0 atom stereocenters. The van der Waals surface area contributed by atoms with Crippen molar-refractivity contribution in [1.29, 1.82) is 0 Å². The molecule has 108 valence electrons. The van der Waals surface area contributed by atoms with Gasteiger partial charge in [0.15, 0.2) is 17.3 Å². The first-order valence-electron chi connectivity index (χ1n) is 6.59. The van der Waals surface area contributed by atoms with E-state index in [2.05, 4.69) is 19.9 Å². The fourth-order valence-corrected chi connectivity index (χ4v) is 2.40. The molecule has 0 amide bonds. The number of anilines is 1. The van der Waals surface area contributed by atoms with E-state index in [0.29, 0.717) is 11.5 Å². The summed E-state index contributed by atoms with van der Waals surface area (Å²) in [5, 5.41) is 16.9. The molecule has 2 aromatic heterocycles. The third kappa shape index (κ3) is 1.80. The molecule has 2 heterocycles. The number of nitrogen functional groups attached to an aromatic ring is 1. The molecule has 4 aromatic rings. The Morgan fingerprint density at radius 3 is 2.50 bits per heavy atom. The lowest BCUT2D eigenvalue weighted by Gasteiger charge is -2.07. The van der Waals surface area contributed by atoms with E-state index in [1.807, 2.05) is 28.8 Å². The molecule has 0 aliphatic rings. The third-order valence-corrected chi connectivity index (χ3v) is 3.39. The highest BCUT2D eigenvalue weighted by molar-refractivity contribution is 5.84. The molecule has 22 heavy (non-hydrogen) atoms. The number of fused-ring (bicyclic) bond motifs is 1. The molecular weight excluding hydrogens is 282 g/mol. The first-order valence-corrected chi connectivity index (χ1v) is 6.59. The second-order valence-corrected chi connectivity index (χ2v) is 4.77. The van der Waals surface area contributed by atoms with E-state index < -0.39 is 0 Å². The molecule has 0 aliphatic heterocycles. The van der Waals surface area contributed by atoms with Gasteiger partial charge in [-0.1, -0.05) is 12.1 Å². The minimum atomic E-state index is 0.176. The van der Waals surface area contributed by atoms with Crippen LogP contribution in [0.5, 0.6) is 5.75 Å². The van der Waals surface area contributed by atoms with Gasteiger partial charge in [-0.3, -0.25) is 4.57 Å².